The zero-order valence-electron chi connectivity index (χ0n) is 17.9. The summed E-state index contributed by atoms with van der Waals surface area (Å²) in [5.74, 6) is 0. The SMILES string of the molecule is CC(C)=CCCC(C)=CCO[P+](=O)[O-].CC(C)=CCCC(C)=CCO[P+](=O)[O-]. The third-order valence-electron chi connectivity index (χ3n) is 3.41. The van der Waals surface area contributed by atoms with E-state index in [0.717, 1.165) is 36.8 Å². The minimum absolute atomic E-state index is 0.152. The van der Waals surface area contributed by atoms with E-state index in [9.17, 15) is 18.9 Å². The lowest BCUT2D eigenvalue weighted by atomic mass is 10.1. The van der Waals surface area contributed by atoms with E-state index >= 15 is 0 Å². The summed E-state index contributed by atoms with van der Waals surface area (Å²) in [6, 6.07) is 0. The lowest BCUT2D eigenvalue weighted by Gasteiger charge is -1.97. The summed E-state index contributed by atoms with van der Waals surface area (Å²) in [6.07, 6.45) is 11.8. The Labute approximate surface area is 171 Å². The van der Waals surface area contributed by atoms with Gasteiger partial charge in [-0.05, 0) is 76.4 Å². The molecule has 0 aromatic rings. The van der Waals surface area contributed by atoms with Crippen molar-refractivity contribution >= 4 is 16.5 Å². The largest absolute Gasteiger partial charge is 0.566 e. The van der Waals surface area contributed by atoms with Gasteiger partial charge in [0.15, 0.2) is 0 Å². The Kier molecular flexibility index (Phi) is 20.2. The van der Waals surface area contributed by atoms with Crippen molar-refractivity contribution in [1.82, 2.24) is 0 Å². The summed E-state index contributed by atoms with van der Waals surface area (Å²) in [6.45, 7) is 12.5. The highest BCUT2D eigenvalue weighted by molar-refractivity contribution is 7.30. The van der Waals surface area contributed by atoms with Gasteiger partial charge in [-0.2, -0.15) is 0 Å². The second kappa shape index (κ2) is 19.3. The zero-order chi connectivity index (χ0) is 21.9. The Morgan fingerprint density at radius 2 is 1.00 bits per heavy atom. The minimum Gasteiger partial charge on any atom is -0.566 e. The zero-order valence-corrected chi connectivity index (χ0v) is 19.7. The summed E-state index contributed by atoms with van der Waals surface area (Å²) in [5, 5.41) is 0. The predicted octanol–water partition coefficient (Wildman–Crippen LogP) is 5.43. The van der Waals surface area contributed by atoms with Gasteiger partial charge in [-0.15, -0.1) is 9.05 Å². The second-order valence-electron chi connectivity index (χ2n) is 6.78. The topological polar surface area (TPSA) is 98.7 Å². The molecule has 0 fully saturated rings. The molecule has 28 heavy (non-hydrogen) atoms. The van der Waals surface area contributed by atoms with Crippen LogP contribution in [0.3, 0.4) is 0 Å². The predicted molar refractivity (Wildman–Crippen MR) is 112 cm³/mol. The number of hydrogen-bond donors (Lipinski definition) is 0. The summed E-state index contributed by atoms with van der Waals surface area (Å²) in [5.41, 5.74) is 4.91. The van der Waals surface area contributed by atoms with Crippen LogP contribution in [0.2, 0.25) is 0 Å². The van der Waals surface area contributed by atoms with Crippen LogP contribution in [0.15, 0.2) is 46.6 Å². The van der Waals surface area contributed by atoms with Gasteiger partial charge < -0.3 is 9.79 Å². The molecule has 2 unspecified atom stereocenters. The van der Waals surface area contributed by atoms with Crippen LogP contribution in [0, 0.1) is 0 Å². The molecule has 0 aliphatic carbocycles. The first-order chi connectivity index (χ1) is 13.0. The molecule has 2 atom stereocenters. The van der Waals surface area contributed by atoms with E-state index in [4.69, 9.17) is 0 Å². The van der Waals surface area contributed by atoms with Crippen molar-refractivity contribution in [3.63, 3.8) is 0 Å². The van der Waals surface area contributed by atoms with E-state index in [1.54, 1.807) is 12.2 Å². The van der Waals surface area contributed by atoms with Crippen LogP contribution >= 0.6 is 16.5 Å². The number of rotatable bonds is 12. The fourth-order valence-corrected chi connectivity index (χ4v) is 2.25. The first kappa shape index (κ1) is 29.2. The van der Waals surface area contributed by atoms with Crippen LogP contribution in [0.4, 0.5) is 0 Å². The van der Waals surface area contributed by atoms with Crippen LogP contribution in [-0.4, -0.2) is 13.2 Å². The van der Waals surface area contributed by atoms with Gasteiger partial charge in [0.25, 0.3) is 0 Å². The minimum atomic E-state index is -2.71. The molecule has 8 heteroatoms. The van der Waals surface area contributed by atoms with E-state index < -0.39 is 16.5 Å². The molecule has 0 aliphatic rings. The monoisotopic (exact) mass is 432 g/mol. The smallest absolute Gasteiger partial charge is 0.488 e. The highest BCUT2D eigenvalue weighted by Gasteiger charge is 1.98. The van der Waals surface area contributed by atoms with E-state index in [2.05, 4.69) is 48.9 Å². The van der Waals surface area contributed by atoms with Crippen LogP contribution in [0.1, 0.15) is 67.2 Å². The van der Waals surface area contributed by atoms with Crippen molar-refractivity contribution in [2.24, 2.45) is 0 Å². The van der Waals surface area contributed by atoms with Gasteiger partial charge in [-0.3, -0.25) is 0 Å². The van der Waals surface area contributed by atoms with Gasteiger partial charge in [0.05, 0.1) is 0 Å². The molecular formula is C20H34O6P2. The van der Waals surface area contributed by atoms with Crippen molar-refractivity contribution in [3.8, 4) is 0 Å². The Balaban J connectivity index is 0. The molecule has 0 heterocycles. The Bertz CT molecular complexity index is 532. The third kappa shape index (κ3) is 27.2. The maximum absolute atomic E-state index is 10.1. The average molecular weight is 432 g/mol. The molecule has 0 aliphatic heterocycles. The third-order valence-corrected chi connectivity index (χ3v) is 4.13. The van der Waals surface area contributed by atoms with Gasteiger partial charge in [0, 0.05) is 0 Å². The highest BCUT2D eigenvalue weighted by Crippen LogP contribution is 2.12. The maximum atomic E-state index is 10.1. The quantitative estimate of drug-likeness (QED) is 0.301. The van der Waals surface area contributed by atoms with E-state index in [1.165, 1.54) is 11.1 Å². The van der Waals surface area contributed by atoms with Gasteiger partial charge in [-0.1, -0.05) is 46.6 Å². The molecular weight excluding hydrogens is 398 g/mol. The first-order valence-corrected chi connectivity index (χ1v) is 11.4. The molecule has 0 rings (SSSR count). The van der Waals surface area contributed by atoms with E-state index in [0.29, 0.717) is 0 Å². The molecule has 0 spiro atoms. The van der Waals surface area contributed by atoms with Crippen LogP contribution in [-0.2, 0) is 18.2 Å². The molecule has 0 bridgehead atoms. The molecule has 0 N–H and O–H groups in total. The highest BCUT2D eigenvalue weighted by atomic mass is 31.1. The number of allylic oxidation sites excluding steroid dienone is 6. The summed E-state index contributed by atoms with van der Waals surface area (Å²) in [4.78, 5) is 20.1. The lowest BCUT2D eigenvalue weighted by Crippen LogP contribution is -1.92. The second-order valence-corrected chi connectivity index (χ2v) is 8.19. The molecule has 0 amide bonds. The van der Waals surface area contributed by atoms with E-state index in [-0.39, 0.29) is 13.2 Å². The van der Waals surface area contributed by atoms with Crippen molar-refractivity contribution in [2.75, 3.05) is 13.2 Å². The van der Waals surface area contributed by atoms with Gasteiger partial charge >= 0.3 is 16.5 Å². The molecule has 0 aromatic heterocycles. The van der Waals surface area contributed by atoms with Gasteiger partial charge in [0.1, 0.15) is 13.2 Å². The molecule has 0 radical (unpaired) electrons. The Morgan fingerprint density at radius 3 is 1.25 bits per heavy atom. The van der Waals surface area contributed by atoms with Crippen LogP contribution in [0.25, 0.3) is 0 Å². The molecule has 160 valence electrons. The molecule has 0 saturated carbocycles. The van der Waals surface area contributed by atoms with Crippen molar-refractivity contribution in [3.05, 3.63) is 46.6 Å². The fraction of sp³-hybridized carbons (Fsp3) is 0.600. The normalized spacial score (nSPS) is 12.6. The average Bonchev–Trinajstić information content (AvgIpc) is 2.54. The Morgan fingerprint density at radius 1 is 0.679 bits per heavy atom. The standard InChI is InChI=1S/2C10H17O3P/c2*1-9(2)5-4-6-10(3)7-8-13-14(11)12/h2*5,7H,4,6,8H2,1-3H3. The van der Waals surface area contributed by atoms with Crippen molar-refractivity contribution < 1.29 is 28.0 Å². The van der Waals surface area contributed by atoms with Crippen LogP contribution < -0.4 is 9.79 Å². The summed E-state index contributed by atoms with van der Waals surface area (Å²) < 4.78 is 28.9. The number of hydrogen-bond acceptors (Lipinski definition) is 6. The molecule has 6 nitrogen and oxygen atoms in total. The molecule has 0 aromatic carbocycles. The fourth-order valence-electron chi connectivity index (χ4n) is 1.86. The lowest BCUT2D eigenvalue weighted by molar-refractivity contribution is -0.185. The van der Waals surface area contributed by atoms with Crippen LogP contribution in [0.5, 0.6) is 0 Å². The maximum Gasteiger partial charge on any atom is 0.488 e. The molecule has 0 saturated heterocycles. The summed E-state index contributed by atoms with van der Waals surface area (Å²) >= 11 is 0. The first-order valence-electron chi connectivity index (χ1n) is 9.17. The van der Waals surface area contributed by atoms with Gasteiger partial charge in [-0.25, -0.2) is 0 Å². The van der Waals surface area contributed by atoms with Gasteiger partial charge in [0.2, 0.25) is 0 Å². The summed E-state index contributed by atoms with van der Waals surface area (Å²) in [7, 11) is -5.42. The Hall–Kier alpha value is -1.00. The van der Waals surface area contributed by atoms with Crippen molar-refractivity contribution in [2.45, 2.75) is 67.2 Å². The van der Waals surface area contributed by atoms with E-state index in [1.807, 2.05) is 13.8 Å². The van der Waals surface area contributed by atoms with Crippen molar-refractivity contribution in [1.29, 1.82) is 0 Å².